The third kappa shape index (κ3) is 4.21. The highest BCUT2D eigenvalue weighted by molar-refractivity contribution is 5.93. The largest absolute Gasteiger partial charge is 0.447 e. The van der Waals surface area contributed by atoms with Crippen molar-refractivity contribution in [2.24, 2.45) is 5.92 Å². The number of hydrogen-bond acceptors (Lipinski definition) is 4. The van der Waals surface area contributed by atoms with Gasteiger partial charge in [0.05, 0.1) is 12.1 Å². The van der Waals surface area contributed by atoms with Gasteiger partial charge in [-0.2, -0.15) is 0 Å². The van der Waals surface area contributed by atoms with Crippen LogP contribution in [0.25, 0.3) is 0 Å². The molecule has 0 saturated carbocycles. The van der Waals surface area contributed by atoms with Crippen LogP contribution in [0.1, 0.15) is 50.2 Å². The lowest BCUT2D eigenvalue weighted by Crippen LogP contribution is -2.38. The highest BCUT2D eigenvalue weighted by Gasteiger charge is 2.37. The van der Waals surface area contributed by atoms with Crippen molar-refractivity contribution in [3.8, 4) is 0 Å². The first-order valence-electron chi connectivity index (χ1n) is 9.03. The third-order valence-electron chi connectivity index (χ3n) is 5.27. The fraction of sp³-hybridized carbons (Fsp3) is 0.600. The average Bonchev–Trinajstić information content (AvgIpc) is 2.98. The molecular formula is C20H27NO4. The first kappa shape index (κ1) is 17.9. The highest BCUT2D eigenvalue weighted by Crippen LogP contribution is 2.40. The zero-order chi connectivity index (χ0) is 18.0. The van der Waals surface area contributed by atoms with Crippen molar-refractivity contribution in [1.82, 2.24) is 4.90 Å². The Morgan fingerprint density at radius 3 is 2.60 bits per heavy atom. The van der Waals surface area contributed by atoms with Gasteiger partial charge in [0.2, 0.25) is 5.91 Å². The van der Waals surface area contributed by atoms with Crippen LogP contribution in [-0.2, 0) is 14.3 Å². The number of rotatable bonds is 4. The van der Waals surface area contributed by atoms with E-state index in [1.165, 1.54) is 10.5 Å². The third-order valence-corrected chi connectivity index (χ3v) is 5.27. The molecule has 0 N–H and O–H groups in total. The molecule has 2 aliphatic rings. The zero-order valence-electron chi connectivity index (χ0n) is 15.3. The van der Waals surface area contributed by atoms with Crippen molar-refractivity contribution in [2.45, 2.75) is 51.6 Å². The monoisotopic (exact) mass is 345 g/mol. The number of hydrogen-bond donors (Lipinski definition) is 0. The van der Waals surface area contributed by atoms with Gasteiger partial charge >= 0.3 is 6.09 Å². The smallest absolute Gasteiger partial charge is 0.416 e. The first-order chi connectivity index (χ1) is 11.9. The molecule has 2 atom stereocenters. The summed E-state index contributed by atoms with van der Waals surface area (Å²) in [5, 5.41) is 0. The number of carbonyl (C=O) groups is 2. The quantitative estimate of drug-likeness (QED) is 0.836. The molecule has 0 spiro atoms. The molecule has 2 fully saturated rings. The van der Waals surface area contributed by atoms with E-state index in [0.717, 1.165) is 18.4 Å². The highest BCUT2D eigenvalue weighted by atomic mass is 16.6. The van der Waals surface area contributed by atoms with Gasteiger partial charge < -0.3 is 9.47 Å². The number of aryl methyl sites for hydroxylation is 1. The van der Waals surface area contributed by atoms with Crippen molar-refractivity contribution in [3.63, 3.8) is 0 Å². The minimum Gasteiger partial charge on any atom is -0.447 e. The van der Waals surface area contributed by atoms with E-state index in [0.29, 0.717) is 32.1 Å². The second-order valence-corrected chi connectivity index (χ2v) is 7.74. The van der Waals surface area contributed by atoms with Gasteiger partial charge in [0, 0.05) is 13.0 Å². The zero-order valence-corrected chi connectivity index (χ0v) is 15.3. The molecule has 25 heavy (non-hydrogen) atoms. The molecule has 5 nitrogen and oxygen atoms in total. The molecule has 0 aromatic heterocycles. The summed E-state index contributed by atoms with van der Waals surface area (Å²) in [6, 6.07) is 8.39. The number of cyclic esters (lactones) is 1. The van der Waals surface area contributed by atoms with E-state index in [1.807, 2.05) is 0 Å². The Labute approximate surface area is 149 Å². The molecule has 2 amide bonds. The fourth-order valence-electron chi connectivity index (χ4n) is 3.91. The van der Waals surface area contributed by atoms with E-state index in [1.54, 1.807) is 0 Å². The summed E-state index contributed by atoms with van der Waals surface area (Å²) in [7, 11) is 0. The standard InChI is InChI=1S/C20H27NO4/c1-14-4-6-15(7-5-14)17(16-8-10-25-20(2,3)13-16)12-18(22)21-9-11-24-19(21)23/h4-7,16-17H,8-13H2,1-3H3. The molecule has 1 aromatic rings. The number of benzene rings is 1. The van der Waals surface area contributed by atoms with E-state index in [4.69, 9.17) is 9.47 Å². The van der Waals surface area contributed by atoms with Gasteiger partial charge in [-0.3, -0.25) is 4.79 Å². The Hall–Kier alpha value is -1.88. The number of nitrogens with zero attached hydrogens (tertiary/aromatic N) is 1. The molecule has 0 bridgehead atoms. The molecular weight excluding hydrogens is 318 g/mol. The summed E-state index contributed by atoms with van der Waals surface area (Å²) in [6.07, 6.45) is 1.65. The van der Waals surface area contributed by atoms with Crippen molar-refractivity contribution >= 4 is 12.0 Å². The number of amides is 2. The van der Waals surface area contributed by atoms with Crippen LogP contribution >= 0.6 is 0 Å². The van der Waals surface area contributed by atoms with Crippen LogP contribution in [0, 0.1) is 12.8 Å². The van der Waals surface area contributed by atoms with E-state index in [2.05, 4.69) is 45.0 Å². The van der Waals surface area contributed by atoms with Crippen molar-refractivity contribution in [2.75, 3.05) is 19.8 Å². The van der Waals surface area contributed by atoms with Crippen LogP contribution in [0.15, 0.2) is 24.3 Å². The van der Waals surface area contributed by atoms with Crippen LogP contribution in [0.2, 0.25) is 0 Å². The van der Waals surface area contributed by atoms with Gasteiger partial charge in [-0.15, -0.1) is 0 Å². The van der Waals surface area contributed by atoms with Crippen LogP contribution in [0.4, 0.5) is 4.79 Å². The fourth-order valence-corrected chi connectivity index (χ4v) is 3.91. The predicted molar refractivity (Wildman–Crippen MR) is 94.4 cm³/mol. The molecule has 2 unspecified atom stereocenters. The van der Waals surface area contributed by atoms with Gasteiger partial charge in [-0.05, 0) is 51.0 Å². The lowest BCUT2D eigenvalue weighted by molar-refractivity contribution is -0.129. The average molecular weight is 345 g/mol. The molecule has 2 aliphatic heterocycles. The molecule has 5 heteroatoms. The van der Waals surface area contributed by atoms with Crippen LogP contribution in [0.3, 0.4) is 0 Å². The lowest BCUT2D eigenvalue weighted by Gasteiger charge is -2.39. The first-order valence-corrected chi connectivity index (χ1v) is 9.03. The Morgan fingerprint density at radius 2 is 2.00 bits per heavy atom. The second-order valence-electron chi connectivity index (χ2n) is 7.74. The van der Waals surface area contributed by atoms with E-state index in [9.17, 15) is 9.59 Å². The van der Waals surface area contributed by atoms with Crippen molar-refractivity contribution < 1.29 is 19.1 Å². The predicted octanol–water partition coefficient (Wildman–Crippen LogP) is 3.65. The Bertz CT molecular complexity index is 638. The molecule has 136 valence electrons. The summed E-state index contributed by atoms with van der Waals surface area (Å²) in [5.74, 6) is 0.302. The Morgan fingerprint density at radius 1 is 1.28 bits per heavy atom. The number of imide groups is 1. The maximum absolute atomic E-state index is 12.7. The second kappa shape index (κ2) is 7.16. The van der Waals surface area contributed by atoms with E-state index < -0.39 is 6.09 Å². The summed E-state index contributed by atoms with van der Waals surface area (Å²) < 4.78 is 10.8. The summed E-state index contributed by atoms with van der Waals surface area (Å²) in [4.78, 5) is 25.7. The Kier molecular flexibility index (Phi) is 5.13. The lowest BCUT2D eigenvalue weighted by atomic mass is 9.75. The summed E-state index contributed by atoms with van der Waals surface area (Å²) in [6.45, 7) is 7.62. The molecule has 2 saturated heterocycles. The van der Waals surface area contributed by atoms with Gasteiger partial charge in [-0.1, -0.05) is 29.8 Å². The van der Waals surface area contributed by atoms with Gasteiger partial charge in [0.15, 0.2) is 0 Å². The van der Waals surface area contributed by atoms with Crippen LogP contribution < -0.4 is 0 Å². The van der Waals surface area contributed by atoms with Gasteiger partial charge in [0.1, 0.15) is 6.61 Å². The molecule has 0 radical (unpaired) electrons. The Balaban J connectivity index is 1.82. The topological polar surface area (TPSA) is 55.8 Å². The molecule has 2 heterocycles. The van der Waals surface area contributed by atoms with Gasteiger partial charge in [0.25, 0.3) is 0 Å². The van der Waals surface area contributed by atoms with Crippen molar-refractivity contribution in [3.05, 3.63) is 35.4 Å². The molecule has 0 aliphatic carbocycles. The maximum Gasteiger partial charge on any atom is 0.416 e. The van der Waals surface area contributed by atoms with Crippen molar-refractivity contribution in [1.29, 1.82) is 0 Å². The number of carbonyl (C=O) groups excluding carboxylic acids is 2. The molecule has 1 aromatic carbocycles. The SMILES string of the molecule is Cc1ccc(C(CC(=O)N2CCOC2=O)C2CCOC(C)(C)C2)cc1. The van der Waals surface area contributed by atoms with E-state index in [-0.39, 0.29) is 17.4 Å². The minimum atomic E-state index is -0.514. The van der Waals surface area contributed by atoms with Gasteiger partial charge in [-0.25, -0.2) is 9.69 Å². The minimum absolute atomic E-state index is 0.0877. The summed E-state index contributed by atoms with van der Waals surface area (Å²) >= 11 is 0. The molecule has 3 rings (SSSR count). The normalized spacial score (nSPS) is 24.0. The maximum atomic E-state index is 12.7. The van der Waals surface area contributed by atoms with Crippen LogP contribution in [-0.4, -0.2) is 42.3 Å². The van der Waals surface area contributed by atoms with Crippen LogP contribution in [0.5, 0.6) is 0 Å². The number of ether oxygens (including phenoxy) is 2. The van der Waals surface area contributed by atoms with E-state index >= 15 is 0 Å². The summed E-state index contributed by atoms with van der Waals surface area (Å²) in [5.41, 5.74) is 2.18.